The summed E-state index contributed by atoms with van der Waals surface area (Å²) in [6.45, 7) is 5.36. The van der Waals surface area contributed by atoms with Gasteiger partial charge in [-0.25, -0.2) is 0 Å². The summed E-state index contributed by atoms with van der Waals surface area (Å²) in [4.78, 5) is 27.6. The number of benzene rings is 2. The van der Waals surface area contributed by atoms with Crippen molar-refractivity contribution in [2.45, 2.75) is 26.7 Å². The number of amides is 2. The molecular formula is C24H28N2O4. The fourth-order valence-corrected chi connectivity index (χ4v) is 3.38. The van der Waals surface area contributed by atoms with Crippen molar-refractivity contribution in [3.63, 3.8) is 0 Å². The summed E-state index contributed by atoms with van der Waals surface area (Å²) in [5.74, 6) is 0.104. The topological polar surface area (TPSA) is 67.9 Å². The van der Waals surface area contributed by atoms with Gasteiger partial charge in [0.2, 0.25) is 0 Å². The molecule has 30 heavy (non-hydrogen) atoms. The zero-order valence-electron chi connectivity index (χ0n) is 17.7. The first-order valence-corrected chi connectivity index (χ1v) is 10.3. The van der Waals surface area contributed by atoms with E-state index in [-0.39, 0.29) is 11.8 Å². The van der Waals surface area contributed by atoms with Crippen molar-refractivity contribution in [3.05, 3.63) is 65.4 Å². The molecule has 6 heteroatoms. The molecule has 0 atom stereocenters. The standard InChI is InChI=1S/C24H28N2O4/c1-4-17-7-11-19(12-8-17)25-22-21(18-9-13-20(14-10-18)30-5-2)23(27)26(24(22)28)15-6-16-29-3/h7-14,25H,4-6,15-16H2,1-3H3. The van der Waals surface area contributed by atoms with Gasteiger partial charge in [0.25, 0.3) is 11.8 Å². The Bertz CT molecular complexity index is 917. The van der Waals surface area contributed by atoms with E-state index < -0.39 is 0 Å². The van der Waals surface area contributed by atoms with Crippen LogP contribution >= 0.6 is 0 Å². The third-order valence-electron chi connectivity index (χ3n) is 4.98. The van der Waals surface area contributed by atoms with Crippen LogP contribution < -0.4 is 10.1 Å². The molecule has 3 rings (SSSR count). The number of anilines is 1. The zero-order chi connectivity index (χ0) is 21.5. The van der Waals surface area contributed by atoms with E-state index in [0.717, 1.165) is 17.9 Å². The van der Waals surface area contributed by atoms with Crippen molar-refractivity contribution in [2.75, 3.05) is 32.2 Å². The lowest BCUT2D eigenvalue weighted by atomic mass is 10.0. The maximum absolute atomic E-state index is 13.2. The number of carbonyl (C=O) groups is 2. The third-order valence-corrected chi connectivity index (χ3v) is 4.98. The van der Waals surface area contributed by atoms with Crippen LogP contribution in [0.5, 0.6) is 5.75 Å². The summed E-state index contributed by atoms with van der Waals surface area (Å²) >= 11 is 0. The van der Waals surface area contributed by atoms with Gasteiger partial charge >= 0.3 is 0 Å². The van der Waals surface area contributed by atoms with Gasteiger partial charge in [-0.05, 0) is 55.2 Å². The Hall–Kier alpha value is -3.12. The van der Waals surface area contributed by atoms with Crippen LogP contribution in [-0.4, -0.2) is 43.6 Å². The number of hydrogen-bond acceptors (Lipinski definition) is 5. The Labute approximate surface area is 177 Å². The summed E-state index contributed by atoms with van der Waals surface area (Å²) in [6.07, 6.45) is 1.52. The molecule has 2 amide bonds. The van der Waals surface area contributed by atoms with Crippen molar-refractivity contribution >= 4 is 23.1 Å². The van der Waals surface area contributed by atoms with Crippen LogP contribution in [0.25, 0.3) is 5.57 Å². The van der Waals surface area contributed by atoms with Gasteiger partial charge in [-0.2, -0.15) is 0 Å². The van der Waals surface area contributed by atoms with E-state index in [1.807, 2.05) is 55.5 Å². The van der Waals surface area contributed by atoms with Gasteiger partial charge in [0.15, 0.2) is 0 Å². The van der Waals surface area contributed by atoms with Gasteiger partial charge in [0, 0.05) is 25.9 Å². The van der Waals surface area contributed by atoms with Crippen LogP contribution in [0.4, 0.5) is 5.69 Å². The molecule has 0 bridgehead atoms. The first-order chi connectivity index (χ1) is 14.6. The van der Waals surface area contributed by atoms with Crippen LogP contribution in [-0.2, 0) is 20.7 Å². The molecule has 0 unspecified atom stereocenters. The second-order valence-electron chi connectivity index (χ2n) is 6.99. The van der Waals surface area contributed by atoms with E-state index in [1.54, 1.807) is 7.11 Å². The lowest BCUT2D eigenvalue weighted by molar-refractivity contribution is -0.136. The Morgan fingerprint density at radius 2 is 1.63 bits per heavy atom. The van der Waals surface area contributed by atoms with Crippen molar-refractivity contribution in [2.24, 2.45) is 0 Å². The second-order valence-corrected chi connectivity index (χ2v) is 6.99. The molecule has 0 aliphatic carbocycles. The van der Waals surface area contributed by atoms with Crippen molar-refractivity contribution in [1.29, 1.82) is 0 Å². The summed E-state index contributed by atoms with van der Waals surface area (Å²) in [6, 6.07) is 15.1. The molecule has 1 N–H and O–H groups in total. The molecule has 0 saturated carbocycles. The molecule has 1 aliphatic heterocycles. The summed E-state index contributed by atoms with van der Waals surface area (Å²) in [7, 11) is 1.60. The van der Waals surface area contributed by atoms with Crippen LogP contribution in [0.2, 0.25) is 0 Å². The SMILES string of the molecule is CCOc1ccc(C2=C(Nc3ccc(CC)cc3)C(=O)N(CCCOC)C2=O)cc1. The minimum atomic E-state index is -0.320. The van der Waals surface area contributed by atoms with Gasteiger partial charge < -0.3 is 14.8 Å². The molecule has 2 aromatic rings. The normalized spacial score (nSPS) is 13.9. The lowest BCUT2D eigenvalue weighted by Gasteiger charge is -2.15. The number of ether oxygens (including phenoxy) is 2. The molecule has 1 heterocycles. The predicted molar refractivity (Wildman–Crippen MR) is 117 cm³/mol. The molecule has 158 valence electrons. The highest BCUT2D eigenvalue weighted by atomic mass is 16.5. The fourth-order valence-electron chi connectivity index (χ4n) is 3.38. The fraction of sp³-hybridized carbons (Fsp3) is 0.333. The minimum Gasteiger partial charge on any atom is -0.494 e. The van der Waals surface area contributed by atoms with Gasteiger partial charge in [-0.3, -0.25) is 14.5 Å². The Morgan fingerprint density at radius 3 is 2.23 bits per heavy atom. The second kappa shape index (κ2) is 10.1. The van der Waals surface area contributed by atoms with E-state index in [1.165, 1.54) is 10.5 Å². The Balaban J connectivity index is 1.94. The maximum Gasteiger partial charge on any atom is 0.278 e. The van der Waals surface area contributed by atoms with E-state index in [0.29, 0.717) is 43.0 Å². The number of rotatable bonds is 10. The van der Waals surface area contributed by atoms with E-state index in [2.05, 4.69) is 12.2 Å². The van der Waals surface area contributed by atoms with Gasteiger partial charge in [-0.15, -0.1) is 0 Å². The quantitative estimate of drug-likeness (QED) is 0.477. The van der Waals surface area contributed by atoms with Crippen LogP contribution in [0.1, 0.15) is 31.4 Å². The Morgan fingerprint density at radius 1 is 0.933 bits per heavy atom. The molecular weight excluding hydrogens is 380 g/mol. The lowest BCUT2D eigenvalue weighted by Crippen LogP contribution is -2.33. The van der Waals surface area contributed by atoms with E-state index >= 15 is 0 Å². The van der Waals surface area contributed by atoms with Gasteiger partial charge in [0.1, 0.15) is 11.4 Å². The van der Waals surface area contributed by atoms with Crippen molar-refractivity contribution in [3.8, 4) is 5.75 Å². The number of methoxy groups -OCH3 is 1. The number of aryl methyl sites for hydroxylation is 1. The summed E-state index contributed by atoms with van der Waals surface area (Å²) in [5.41, 5.74) is 3.33. The minimum absolute atomic E-state index is 0.297. The highest BCUT2D eigenvalue weighted by Gasteiger charge is 2.38. The average Bonchev–Trinajstić information content (AvgIpc) is 2.99. The molecule has 1 aliphatic rings. The molecule has 0 radical (unpaired) electrons. The summed E-state index contributed by atoms with van der Waals surface area (Å²) in [5, 5.41) is 3.19. The highest BCUT2D eigenvalue weighted by molar-refractivity contribution is 6.36. The monoisotopic (exact) mass is 408 g/mol. The number of carbonyl (C=O) groups excluding carboxylic acids is 2. The highest BCUT2D eigenvalue weighted by Crippen LogP contribution is 2.31. The largest absolute Gasteiger partial charge is 0.494 e. The van der Waals surface area contributed by atoms with E-state index in [9.17, 15) is 9.59 Å². The molecule has 0 fully saturated rings. The first kappa shape index (κ1) is 21.6. The van der Waals surface area contributed by atoms with Crippen molar-refractivity contribution < 1.29 is 19.1 Å². The van der Waals surface area contributed by atoms with Crippen LogP contribution in [0.3, 0.4) is 0 Å². The van der Waals surface area contributed by atoms with E-state index in [4.69, 9.17) is 9.47 Å². The molecule has 2 aromatic carbocycles. The van der Waals surface area contributed by atoms with Crippen molar-refractivity contribution in [1.82, 2.24) is 4.90 Å². The summed E-state index contributed by atoms with van der Waals surface area (Å²) < 4.78 is 10.6. The number of nitrogens with one attached hydrogen (secondary N) is 1. The van der Waals surface area contributed by atoms with Gasteiger partial charge in [0.05, 0.1) is 12.2 Å². The number of nitrogens with zero attached hydrogens (tertiary/aromatic N) is 1. The Kier molecular flexibility index (Phi) is 7.25. The number of imide groups is 1. The molecule has 6 nitrogen and oxygen atoms in total. The van der Waals surface area contributed by atoms with Crippen LogP contribution in [0, 0.1) is 0 Å². The maximum atomic E-state index is 13.2. The van der Waals surface area contributed by atoms with Gasteiger partial charge in [-0.1, -0.05) is 31.2 Å². The molecule has 0 aromatic heterocycles. The predicted octanol–water partition coefficient (Wildman–Crippen LogP) is 3.88. The third kappa shape index (κ3) is 4.71. The smallest absolute Gasteiger partial charge is 0.278 e. The molecule has 0 saturated heterocycles. The zero-order valence-corrected chi connectivity index (χ0v) is 17.7. The molecule has 0 spiro atoms. The van der Waals surface area contributed by atoms with Crippen LogP contribution in [0.15, 0.2) is 54.2 Å². The first-order valence-electron chi connectivity index (χ1n) is 10.3. The number of hydrogen-bond donors (Lipinski definition) is 1. The average molecular weight is 408 g/mol.